The summed E-state index contributed by atoms with van der Waals surface area (Å²) in [5.41, 5.74) is 0. The summed E-state index contributed by atoms with van der Waals surface area (Å²) < 4.78 is 0. The molecule has 0 atom stereocenters. The first kappa shape index (κ1) is 13.3. The molecular formula is C12H12N6. The van der Waals surface area contributed by atoms with Crippen molar-refractivity contribution in [2.24, 2.45) is 0 Å². The highest BCUT2D eigenvalue weighted by molar-refractivity contribution is 4.88. The van der Waals surface area contributed by atoms with E-state index in [9.17, 15) is 0 Å². The Labute approximate surface area is 105 Å². The second-order valence-electron chi connectivity index (χ2n) is 2.73. The van der Waals surface area contributed by atoms with Crippen molar-refractivity contribution in [3.05, 3.63) is 73.8 Å². The van der Waals surface area contributed by atoms with Crippen molar-refractivity contribution in [3.63, 3.8) is 0 Å². The van der Waals surface area contributed by atoms with Crippen molar-refractivity contribution in [1.82, 2.24) is 30.4 Å². The zero-order valence-electron chi connectivity index (χ0n) is 9.61. The van der Waals surface area contributed by atoms with Gasteiger partial charge in [-0.15, -0.1) is 10.2 Å². The van der Waals surface area contributed by atoms with Crippen LogP contribution in [0.4, 0.5) is 0 Å². The van der Waals surface area contributed by atoms with Gasteiger partial charge in [0, 0.05) is 37.2 Å². The summed E-state index contributed by atoms with van der Waals surface area (Å²) in [4.78, 5) is 11.2. The fourth-order valence-corrected chi connectivity index (χ4v) is 0.771. The summed E-state index contributed by atoms with van der Waals surface area (Å²) in [6.07, 6.45) is 13.2. The first-order chi connectivity index (χ1) is 9.00. The summed E-state index contributed by atoms with van der Waals surface area (Å²) in [6, 6.07) is 7.43. The quantitative estimate of drug-likeness (QED) is 0.591. The van der Waals surface area contributed by atoms with E-state index in [1.54, 1.807) is 55.6 Å². The summed E-state index contributed by atoms with van der Waals surface area (Å²) in [5.74, 6) is 0. The van der Waals surface area contributed by atoms with Gasteiger partial charge < -0.3 is 0 Å². The van der Waals surface area contributed by atoms with Crippen LogP contribution in [0.5, 0.6) is 0 Å². The maximum atomic E-state index is 3.78. The van der Waals surface area contributed by atoms with E-state index in [1.807, 2.05) is 18.2 Å². The van der Waals surface area contributed by atoms with Crippen molar-refractivity contribution < 1.29 is 0 Å². The highest BCUT2D eigenvalue weighted by Gasteiger charge is 1.61. The van der Waals surface area contributed by atoms with E-state index in [1.165, 1.54) is 0 Å². The van der Waals surface area contributed by atoms with Crippen molar-refractivity contribution in [1.29, 1.82) is 0 Å². The van der Waals surface area contributed by atoms with Crippen LogP contribution in [0, 0.1) is 0 Å². The second kappa shape index (κ2) is 10.7. The third kappa shape index (κ3) is 8.54. The Balaban J connectivity index is 0.000000135. The van der Waals surface area contributed by atoms with Crippen molar-refractivity contribution >= 4 is 0 Å². The van der Waals surface area contributed by atoms with Gasteiger partial charge in [0.25, 0.3) is 0 Å². The maximum Gasteiger partial charge on any atom is 0.0529 e. The van der Waals surface area contributed by atoms with Gasteiger partial charge in [0.1, 0.15) is 0 Å². The molecule has 3 aromatic rings. The van der Waals surface area contributed by atoms with Crippen LogP contribution in [0.1, 0.15) is 0 Å². The van der Waals surface area contributed by atoms with Gasteiger partial charge in [0.2, 0.25) is 0 Å². The third-order valence-corrected chi connectivity index (χ3v) is 1.45. The number of aromatic nitrogens is 6. The monoisotopic (exact) mass is 240 g/mol. The lowest BCUT2D eigenvalue weighted by Gasteiger charge is -1.70. The fraction of sp³-hybridized carbons (Fsp3) is 0. The number of rotatable bonds is 0. The summed E-state index contributed by atoms with van der Waals surface area (Å²) in [7, 11) is 0. The summed E-state index contributed by atoms with van der Waals surface area (Å²) in [5, 5.41) is 10.1. The lowest BCUT2D eigenvalue weighted by molar-refractivity contribution is 0.865. The van der Waals surface area contributed by atoms with E-state index in [4.69, 9.17) is 0 Å². The predicted molar refractivity (Wildman–Crippen MR) is 66.1 cm³/mol. The number of nitrogens with zero attached hydrogens (tertiary/aromatic N) is 6. The van der Waals surface area contributed by atoms with E-state index >= 15 is 0 Å². The van der Waals surface area contributed by atoms with Crippen molar-refractivity contribution in [3.8, 4) is 0 Å². The Hall–Kier alpha value is -2.76. The molecule has 0 fully saturated rings. The van der Waals surface area contributed by atoms with Gasteiger partial charge in [-0.25, -0.2) is 0 Å². The van der Waals surface area contributed by atoms with Crippen LogP contribution in [-0.2, 0) is 0 Å². The van der Waals surface area contributed by atoms with Crippen molar-refractivity contribution in [2.45, 2.75) is 0 Å². The van der Waals surface area contributed by atoms with Crippen LogP contribution in [0.2, 0.25) is 0 Å². The molecule has 0 aliphatic heterocycles. The predicted octanol–water partition coefficient (Wildman–Crippen LogP) is 1.43. The molecule has 0 saturated carbocycles. The normalized spacial score (nSPS) is 8.00. The van der Waals surface area contributed by atoms with Crippen LogP contribution in [0.3, 0.4) is 0 Å². The van der Waals surface area contributed by atoms with Crippen LogP contribution < -0.4 is 0 Å². The molecule has 0 bridgehead atoms. The van der Waals surface area contributed by atoms with Gasteiger partial charge in [0.05, 0.1) is 12.4 Å². The van der Waals surface area contributed by atoms with E-state index in [0.717, 1.165) is 0 Å². The molecule has 0 saturated heterocycles. The zero-order valence-corrected chi connectivity index (χ0v) is 9.61. The van der Waals surface area contributed by atoms with E-state index in [-0.39, 0.29) is 0 Å². The topological polar surface area (TPSA) is 77.3 Å². The molecule has 3 heterocycles. The molecule has 0 unspecified atom stereocenters. The molecule has 3 aromatic heterocycles. The molecule has 0 N–H and O–H groups in total. The molecule has 6 heteroatoms. The van der Waals surface area contributed by atoms with Gasteiger partial charge >= 0.3 is 0 Å². The van der Waals surface area contributed by atoms with Crippen LogP contribution in [-0.4, -0.2) is 30.4 Å². The molecule has 18 heavy (non-hydrogen) atoms. The van der Waals surface area contributed by atoms with Crippen LogP contribution in [0.15, 0.2) is 73.8 Å². The minimum Gasteiger partial charge on any atom is -0.265 e. The molecule has 0 aromatic carbocycles. The molecule has 6 nitrogen and oxygen atoms in total. The number of pyridine rings is 1. The molecule has 0 aliphatic carbocycles. The van der Waals surface area contributed by atoms with Crippen LogP contribution >= 0.6 is 0 Å². The lowest BCUT2D eigenvalue weighted by atomic mass is 10.5. The summed E-state index contributed by atoms with van der Waals surface area (Å²) >= 11 is 0. The Morgan fingerprint density at radius 3 is 1.06 bits per heavy atom. The van der Waals surface area contributed by atoms with Gasteiger partial charge in [-0.05, 0) is 23.4 Å². The van der Waals surface area contributed by atoms with Gasteiger partial charge in [-0.1, -0.05) is 6.07 Å². The van der Waals surface area contributed by atoms with Gasteiger partial charge in [-0.3, -0.25) is 15.0 Å². The third-order valence-electron chi connectivity index (χ3n) is 1.45. The van der Waals surface area contributed by atoms with E-state index in [2.05, 4.69) is 30.4 Å². The van der Waals surface area contributed by atoms with Gasteiger partial charge in [-0.2, -0.15) is 0 Å². The SMILES string of the molecule is c1ccncc1.c1cnccn1.c1cnnnc1. The highest BCUT2D eigenvalue weighted by Crippen LogP contribution is 1.73. The molecule has 0 amide bonds. The van der Waals surface area contributed by atoms with Crippen LogP contribution in [0.25, 0.3) is 0 Å². The Morgan fingerprint density at radius 2 is 0.889 bits per heavy atom. The maximum absolute atomic E-state index is 3.78. The minimum absolute atomic E-state index is 1.58. The smallest absolute Gasteiger partial charge is 0.0529 e. The van der Waals surface area contributed by atoms with Crippen molar-refractivity contribution in [2.75, 3.05) is 0 Å². The average molecular weight is 240 g/mol. The molecule has 0 spiro atoms. The Bertz CT molecular complexity index is 307. The molecule has 3 rings (SSSR count). The highest BCUT2D eigenvalue weighted by atomic mass is 15.3. The number of hydrogen-bond donors (Lipinski definition) is 0. The minimum atomic E-state index is 1.58. The summed E-state index contributed by atoms with van der Waals surface area (Å²) in [6.45, 7) is 0. The molecule has 0 aliphatic rings. The second-order valence-corrected chi connectivity index (χ2v) is 2.73. The molecular weight excluding hydrogens is 228 g/mol. The Kier molecular flexibility index (Phi) is 7.94. The molecule has 0 radical (unpaired) electrons. The number of hydrogen-bond acceptors (Lipinski definition) is 6. The zero-order chi connectivity index (χ0) is 12.7. The van der Waals surface area contributed by atoms with Gasteiger partial charge in [0.15, 0.2) is 0 Å². The Morgan fingerprint density at radius 1 is 0.389 bits per heavy atom. The largest absolute Gasteiger partial charge is 0.265 e. The first-order valence-corrected chi connectivity index (χ1v) is 5.13. The average Bonchev–Trinajstić information content (AvgIpc) is 2.54. The first-order valence-electron chi connectivity index (χ1n) is 5.13. The molecule has 90 valence electrons. The lowest BCUT2D eigenvalue weighted by Crippen LogP contribution is -1.78. The van der Waals surface area contributed by atoms with E-state index < -0.39 is 0 Å². The standard InChI is InChI=1S/C5H5N.C4H4N2.C3H3N3/c1-2-4-6-5-3-1;1-2-6-4-3-5-1;1-2-4-6-5-3-1/h1-5H;1-4H;1-3H. The van der Waals surface area contributed by atoms with E-state index in [0.29, 0.717) is 0 Å². The fourth-order valence-electron chi connectivity index (χ4n) is 0.771.